The number of aliphatic carboxylic acids is 1. The number of aromatic nitrogens is 3. The molecule has 0 saturated carbocycles. The Bertz CT molecular complexity index is 1100. The van der Waals surface area contributed by atoms with E-state index in [0.29, 0.717) is 12.8 Å². The highest BCUT2D eigenvalue weighted by Crippen LogP contribution is 2.40. The summed E-state index contributed by atoms with van der Waals surface area (Å²) in [4.78, 5) is 31.4. The van der Waals surface area contributed by atoms with E-state index in [1.807, 2.05) is 54.6 Å². The third-order valence-electron chi connectivity index (χ3n) is 5.80. The highest BCUT2D eigenvalue weighted by molar-refractivity contribution is 7.09. The summed E-state index contributed by atoms with van der Waals surface area (Å²) in [5, 5.41) is 19.5. The van der Waals surface area contributed by atoms with Crippen LogP contribution in [0.1, 0.15) is 22.6 Å². The first kappa shape index (κ1) is 22.2. The molecule has 1 aliphatic rings. The van der Waals surface area contributed by atoms with E-state index in [-0.39, 0.29) is 18.9 Å². The molecule has 2 heterocycles. The number of carbonyl (C=O) groups is 2. The molecule has 0 spiro atoms. The van der Waals surface area contributed by atoms with E-state index in [1.165, 1.54) is 11.3 Å². The first-order valence-corrected chi connectivity index (χ1v) is 11.4. The summed E-state index contributed by atoms with van der Waals surface area (Å²) in [6.45, 7) is 1.97. The van der Waals surface area contributed by atoms with Crippen molar-refractivity contribution in [2.45, 2.75) is 32.4 Å². The zero-order chi connectivity index (χ0) is 22.7. The molecule has 2 N–H and O–H groups in total. The van der Waals surface area contributed by atoms with Crippen LogP contribution >= 0.6 is 11.3 Å². The fourth-order valence-electron chi connectivity index (χ4n) is 4.14. The summed E-state index contributed by atoms with van der Waals surface area (Å²) in [5.74, 6) is -1.19. The third-order valence-corrected chi connectivity index (χ3v) is 6.65. The molecule has 1 aliphatic carbocycles. The van der Waals surface area contributed by atoms with Gasteiger partial charge in [-0.3, -0.25) is 14.3 Å². The van der Waals surface area contributed by atoms with Crippen LogP contribution in [-0.4, -0.2) is 57.3 Å². The quantitative estimate of drug-likeness (QED) is 0.516. The number of amides is 1. The van der Waals surface area contributed by atoms with Gasteiger partial charge in [0.05, 0.1) is 36.8 Å². The van der Waals surface area contributed by atoms with Crippen molar-refractivity contribution in [3.8, 4) is 11.3 Å². The van der Waals surface area contributed by atoms with Gasteiger partial charge in [-0.15, -0.1) is 11.3 Å². The molecule has 4 rings (SSSR count). The lowest BCUT2D eigenvalue weighted by molar-refractivity contribution is -0.145. The molecule has 3 aromatic rings. The monoisotopic (exact) mass is 453 g/mol. The molecule has 0 atom stereocenters. The third kappa shape index (κ3) is 4.89. The topological polar surface area (TPSA) is 100 Å². The van der Waals surface area contributed by atoms with E-state index in [4.69, 9.17) is 0 Å². The van der Waals surface area contributed by atoms with Gasteiger partial charge in [-0.05, 0) is 38.1 Å². The molecule has 1 aromatic carbocycles. The number of nitrogens with one attached hydrogen (secondary N) is 1. The average Bonchev–Trinajstić information content (AvgIpc) is 3.47. The maximum atomic E-state index is 13.1. The van der Waals surface area contributed by atoms with Crippen LogP contribution in [0.3, 0.4) is 0 Å². The van der Waals surface area contributed by atoms with Gasteiger partial charge >= 0.3 is 5.97 Å². The van der Waals surface area contributed by atoms with Crippen molar-refractivity contribution >= 4 is 23.2 Å². The van der Waals surface area contributed by atoms with Gasteiger partial charge in [-0.1, -0.05) is 24.3 Å². The Morgan fingerprint density at radius 2 is 1.97 bits per heavy atom. The number of likely N-dealkylation sites (N-methyl/N-ethyl adjacent to an activating group) is 1. The van der Waals surface area contributed by atoms with Crippen LogP contribution in [0.25, 0.3) is 11.3 Å². The Kier molecular flexibility index (Phi) is 6.38. The lowest BCUT2D eigenvalue weighted by Gasteiger charge is -2.25. The number of hydrogen-bond donors (Lipinski definition) is 2. The molecular weight excluding hydrogens is 426 g/mol. The van der Waals surface area contributed by atoms with Crippen LogP contribution in [0.2, 0.25) is 0 Å². The smallest absolute Gasteiger partial charge is 0.304 e. The van der Waals surface area contributed by atoms with Crippen LogP contribution in [0.5, 0.6) is 0 Å². The minimum Gasteiger partial charge on any atom is -0.481 e. The lowest BCUT2D eigenvalue weighted by atomic mass is 9.80. The average molecular weight is 454 g/mol. The minimum atomic E-state index is -0.962. The number of carboxylic acid groups (broad SMARTS) is 1. The van der Waals surface area contributed by atoms with E-state index >= 15 is 0 Å². The molecule has 0 unspecified atom stereocenters. The number of benzene rings is 1. The van der Waals surface area contributed by atoms with Crippen LogP contribution < -0.4 is 5.32 Å². The van der Waals surface area contributed by atoms with Gasteiger partial charge in [0, 0.05) is 23.7 Å². The number of thiazole rings is 1. The van der Waals surface area contributed by atoms with Gasteiger partial charge in [0.2, 0.25) is 5.91 Å². The summed E-state index contributed by atoms with van der Waals surface area (Å²) in [5.41, 5.74) is 2.90. The Morgan fingerprint density at radius 1 is 1.25 bits per heavy atom. The number of carboxylic acids is 1. The zero-order valence-electron chi connectivity index (χ0n) is 18.2. The van der Waals surface area contributed by atoms with E-state index in [2.05, 4.69) is 20.3 Å². The molecule has 1 amide bonds. The standard InChI is InChI=1S/C23H27N5O3S/c1-27(2)7-8-28-14-18(12-25-28)19-15-32-20(26-19)13-24-22(31)23(11-21(29)30)9-16-5-3-4-6-17(16)10-23/h3-6,12,14-15H,7-11,13H2,1-2H3,(H,24,31)(H,29,30). The Hall–Kier alpha value is -3.04. The minimum absolute atomic E-state index is 0.192. The van der Waals surface area contributed by atoms with Crippen molar-refractivity contribution in [2.75, 3.05) is 20.6 Å². The highest BCUT2D eigenvalue weighted by Gasteiger charge is 2.45. The number of nitrogens with zero attached hydrogens (tertiary/aromatic N) is 4. The molecule has 0 radical (unpaired) electrons. The van der Waals surface area contributed by atoms with Crippen molar-refractivity contribution in [2.24, 2.45) is 5.41 Å². The second kappa shape index (κ2) is 9.22. The number of rotatable bonds is 9. The van der Waals surface area contributed by atoms with Gasteiger partial charge < -0.3 is 15.3 Å². The molecule has 168 valence electrons. The maximum absolute atomic E-state index is 13.1. The molecule has 9 heteroatoms. The Labute approximate surface area is 190 Å². The van der Waals surface area contributed by atoms with Gasteiger partial charge in [0.15, 0.2) is 0 Å². The van der Waals surface area contributed by atoms with Crippen LogP contribution in [0.4, 0.5) is 0 Å². The number of carbonyl (C=O) groups excluding carboxylic acids is 1. The molecule has 0 bridgehead atoms. The molecular formula is C23H27N5O3S. The summed E-state index contributed by atoms with van der Waals surface area (Å²) >= 11 is 1.47. The largest absolute Gasteiger partial charge is 0.481 e. The second-order valence-corrected chi connectivity index (χ2v) is 9.52. The SMILES string of the molecule is CN(C)CCn1cc(-c2csc(CNC(=O)C3(CC(=O)O)Cc4ccccc4C3)n2)cn1. The molecule has 0 saturated heterocycles. The molecule has 0 fully saturated rings. The van der Waals surface area contributed by atoms with E-state index in [9.17, 15) is 14.7 Å². The van der Waals surface area contributed by atoms with Gasteiger partial charge in [-0.2, -0.15) is 5.10 Å². The first-order valence-electron chi connectivity index (χ1n) is 10.5. The van der Waals surface area contributed by atoms with Crippen LogP contribution in [0.15, 0.2) is 42.0 Å². The van der Waals surface area contributed by atoms with Gasteiger partial charge in [0.1, 0.15) is 5.01 Å². The molecule has 32 heavy (non-hydrogen) atoms. The van der Waals surface area contributed by atoms with E-state index < -0.39 is 11.4 Å². The molecule has 8 nitrogen and oxygen atoms in total. The maximum Gasteiger partial charge on any atom is 0.304 e. The first-order chi connectivity index (χ1) is 15.3. The second-order valence-electron chi connectivity index (χ2n) is 8.58. The molecule has 0 aliphatic heterocycles. The van der Waals surface area contributed by atoms with Crippen LogP contribution in [-0.2, 0) is 35.5 Å². The Balaban J connectivity index is 1.41. The van der Waals surface area contributed by atoms with Gasteiger partial charge in [-0.25, -0.2) is 4.98 Å². The number of fused-ring (bicyclic) bond motifs is 1. The van der Waals surface area contributed by atoms with Crippen molar-refractivity contribution < 1.29 is 14.7 Å². The Morgan fingerprint density at radius 3 is 2.62 bits per heavy atom. The lowest BCUT2D eigenvalue weighted by Crippen LogP contribution is -2.43. The van der Waals surface area contributed by atoms with Crippen molar-refractivity contribution in [3.05, 3.63) is 58.2 Å². The summed E-state index contributed by atoms with van der Waals surface area (Å²) < 4.78 is 1.89. The summed E-state index contributed by atoms with van der Waals surface area (Å²) in [6, 6.07) is 7.79. The highest BCUT2D eigenvalue weighted by atomic mass is 32.1. The van der Waals surface area contributed by atoms with Gasteiger partial charge in [0.25, 0.3) is 0 Å². The number of hydrogen-bond acceptors (Lipinski definition) is 6. The summed E-state index contributed by atoms with van der Waals surface area (Å²) in [7, 11) is 4.05. The summed E-state index contributed by atoms with van der Waals surface area (Å²) in [6.07, 6.45) is 4.46. The van der Waals surface area contributed by atoms with Crippen LogP contribution in [0, 0.1) is 5.41 Å². The molecule has 2 aromatic heterocycles. The fourth-order valence-corrected chi connectivity index (χ4v) is 4.88. The zero-order valence-corrected chi connectivity index (χ0v) is 19.1. The predicted octanol–water partition coefficient (Wildman–Crippen LogP) is 2.44. The van der Waals surface area contributed by atoms with Crippen molar-refractivity contribution in [1.29, 1.82) is 0 Å². The normalized spacial score (nSPS) is 14.5. The fraction of sp³-hybridized carbons (Fsp3) is 0.391. The van der Waals surface area contributed by atoms with Crippen molar-refractivity contribution in [3.63, 3.8) is 0 Å². The van der Waals surface area contributed by atoms with E-state index in [0.717, 1.165) is 40.5 Å². The predicted molar refractivity (Wildman–Crippen MR) is 122 cm³/mol. The van der Waals surface area contributed by atoms with Crippen molar-refractivity contribution in [1.82, 2.24) is 25.0 Å². The van der Waals surface area contributed by atoms with E-state index in [1.54, 1.807) is 6.20 Å².